The lowest BCUT2D eigenvalue weighted by Crippen LogP contribution is -2.36. The standard InChI is InChI=1S/C15H18O2S2/c16-14(17)13-10-15(18-8-9-19-15)7-6-12(13)11-4-2-1-3-5-11/h1-5,12-13H,6-10H2,(H,16,17). The Morgan fingerprint density at radius 3 is 2.53 bits per heavy atom. The molecule has 1 aromatic carbocycles. The van der Waals surface area contributed by atoms with Crippen LogP contribution in [0.4, 0.5) is 0 Å². The maximum Gasteiger partial charge on any atom is 0.307 e. The maximum absolute atomic E-state index is 11.7. The molecule has 2 nitrogen and oxygen atoms in total. The number of hydrogen-bond acceptors (Lipinski definition) is 3. The van der Waals surface area contributed by atoms with E-state index in [-0.39, 0.29) is 15.9 Å². The lowest BCUT2D eigenvalue weighted by Gasteiger charge is -2.40. The van der Waals surface area contributed by atoms with Crippen molar-refractivity contribution >= 4 is 29.5 Å². The summed E-state index contributed by atoms with van der Waals surface area (Å²) in [5.41, 5.74) is 1.19. The normalized spacial score (nSPS) is 29.5. The molecule has 4 heteroatoms. The fraction of sp³-hybridized carbons (Fsp3) is 0.533. The first kappa shape index (κ1) is 13.4. The Kier molecular flexibility index (Phi) is 3.81. The molecule has 1 N–H and O–H groups in total. The van der Waals surface area contributed by atoms with Gasteiger partial charge in [-0.2, -0.15) is 0 Å². The van der Waals surface area contributed by atoms with Crippen molar-refractivity contribution in [2.24, 2.45) is 5.92 Å². The first-order valence-corrected chi connectivity index (χ1v) is 8.73. The number of carboxylic acid groups (broad SMARTS) is 1. The lowest BCUT2D eigenvalue weighted by molar-refractivity contribution is -0.143. The van der Waals surface area contributed by atoms with Crippen LogP contribution in [0.1, 0.15) is 30.7 Å². The number of benzene rings is 1. The van der Waals surface area contributed by atoms with Gasteiger partial charge in [-0.15, -0.1) is 23.5 Å². The highest BCUT2D eigenvalue weighted by Gasteiger charge is 2.46. The smallest absolute Gasteiger partial charge is 0.307 e. The summed E-state index contributed by atoms with van der Waals surface area (Å²) in [5, 5.41) is 9.60. The van der Waals surface area contributed by atoms with E-state index in [2.05, 4.69) is 12.1 Å². The fourth-order valence-electron chi connectivity index (χ4n) is 3.27. The molecule has 0 bridgehead atoms. The zero-order chi connectivity index (χ0) is 13.3. The molecule has 2 unspecified atom stereocenters. The van der Waals surface area contributed by atoms with Crippen LogP contribution in [-0.2, 0) is 4.79 Å². The lowest BCUT2D eigenvalue weighted by atomic mass is 9.75. The molecule has 1 aromatic rings. The van der Waals surface area contributed by atoms with Gasteiger partial charge in [0.2, 0.25) is 0 Å². The van der Waals surface area contributed by atoms with Crippen molar-refractivity contribution in [3.05, 3.63) is 35.9 Å². The number of carbonyl (C=O) groups is 1. The molecule has 2 aliphatic rings. The number of rotatable bonds is 2. The first-order chi connectivity index (χ1) is 9.20. The van der Waals surface area contributed by atoms with Crippen molar-refractivity contribution in [1.82, 2.24) is 0 Å². The van der Waals surface area contributed by atoms with Gasteiger partial charge in [0.25, 0.3) is 0 Å². The third-order valence-electron chi connectivity index (χ3n) is 4.21. The highest BCUT2D eigenvalue weighted by Crippen LogP contribution is 2.57. The van der Waals surface area contributed by atoms with Crippen molar-refractivity contribution in [1.29, 1.82) is 0 Å². The van der Waals surface area contributed by atoms with E-state index in [1.807, 2.05) is 41.7 Å². The zero-order valence-electron chi connectivity index (χ0n) is 10.7. The molecule has 1 spiro atoms. The minimum atomic E-state index is -0.624. The van der Waals surface area contributed by atoms with Crippen molar-refractivity contribution in [2.75, 3.05) is 11.5 Å². The molecule has 19 heavy (non-hydrogen) atoms. The first-order valence-electron chi connectivity index (χ1n) is 6.76. The number of aliphatic carboxylic acids is 1. The van der Waals surface area contributed by atoms with Gasteiger partial charge in [-0.3, -0.25) is 4.79 Å². The van der Waals surface area contributed by atoms with Crippen LogP contribution in [0.3, 0.4) is 0 Å². The largest absolute Gasteiger partial charge is 0.481 e. The van der Waals surface area contributed by atoms with E-state index in [9.17, 15) is 9.90 Å². The van der Waals surface area contributed by atoms with Crippen LogP contribution in [0.5, 0.6) is 0 Å². The average molecular weight is 294 g/mol. The molecule has 0 amide bonds. The highest BCUT2D eigenvalue weighted by molar-refractivity contribution is 8.21. The molecule has 0 aromatic heterocycles. The van der Waals surface area contributed by atoms with E-state index in [0.29, 0.717) is 0 Å². The van der Waals surface area contributed by atoms with Gasteiger partial charge in [0.1, 0.15) is 0 Å². The predicted octanol–water partition coefficient (Wildman–Crippen LogP) is 3.83. The van der Waals surface area contributed by atoms with Crippen LogP contribution >= 0.6 is 23.5 Å². The number of hydrogen-bond donors (Lipinski definition) is 1. The molecule has 2 fully saturated rings. The maximum atomic E-state index is 11.7. The minimum absolute atomic E-state index is 0.186. The Bertz CT molecular complexity index is 454. The molecule has 1 heterocycles. The summed E-state index contributed by atoms with van der Waals surface area (Å²) in [6, 6.07) is 10.2. The van der Waals surface area contributed by atoms with Gasteiger partial charge in [0.05, 0.1) is 10.00 Å². The Labute approximate surface area is 122 Å². The number of thioether (sulfide) groups is 2. The van der Waals surface area contributed by atoms with Gasteiger partial charge in [-0.05, 0) is 30.7 Å². The van der Waals surface area contributed by atoms with Crippen LogP contribution in [0, 0.1) is 5.92 Å². The van der Waals surface area contributed by atoms with Crippen LogP contribution in [0.25, 0.3) is 0 Å². The van der Waals surface area contributed by atoms with E-state index in [4.69, 9.17) is 0 Å². The van der Waals surface area contributed by atoms with Crippen molar-refractivity contribution in [2.45, 2.75) is 29.3 Å². The Morgan fingerprint density at radius 2 is 1.89 bits per heavy atom. The second-order valence-corrected chi connectivity index (χ2v) is 8.53. The highest BCUT2D eigenvalue weighted by atomic mass is 32.2. The van der Waals surface area contributed by atoms with E-state index < -0.39 is 5.97 Å². The Hall–Kier alpha value is -0.610. The third-order valence-corrected chi connectivity index (χ3v) is 7.79. The van der Waals surface area contributed by atoms with Gasteiger partial charge in [-0.1, -0.05) is 30.3 Å². The van der Waals surface area contributed by atoms with Gasteiger partial charge in [0, 0.05) is 11.5 Å². The SMILES string of the molecule is O=C(O)C1CC2(CCC1c1ccccc1)SCCS2. The molecule has 0 radical (unpaired) electrons. The summed E-state index contributed by atoms with van der Waals surface area (Å²) >= 11 is 3.97. The van der Waals surface area contributed by atoms with Crippen molar-refractivity contribution < 1.29 is 9.90 Å². The molecule has 1 saturated carbocycles. The second kappa shape index (κ2) is 5.41. The third kappa shape index (κ3) is 2.65. The quantitative estimate of drug-likeness (QED) is 0.899. The monoisotopic (exact) mass is 294 g/mol. The van der Waals surface area contributed by atoms with E-state index in [0.717, 1.165) is 19.3 Å². The van der Waals surface area contributed by atoms with Gasteiger partial charge in [0.15, 0.2) is 0 Å². The van der Waals surface area contributed by atoms with Gasteiger partial charge >= 0.3 is 5.97 Å². The molecule has 1 aliphatic heterocycles. The van der Waals surface area contributed by atoms with E-state index in [1.165, 1.54) is 17.1 Å². The molecule has 102 valence electrons. The van der Waals surface area contributed by atoms with Gasteiger partial charge < -0.3 is 5.11 Å². The summed E-state index contributed by atoms with van der Waals surface area (Å²) < 4.78 is 0.189. The Morgan fingerprint density at radius 1 is 1.21 bits per heavy atom. The Balaban J connectivity index is 1.84. The van der Waals surface area contributed by atoms with Crippen molar-refractivity contribution in [3.8, 4) is 0 Å². The second-order valence-electron chi connectivity index (χ2n) is 5.31. The number of carboxylic acids is 1. The van der Waals surface area contributed by atoms with E-state index >= 15 is 0 Å². The topological polar surface area (TPSA) is 37.3 Å². The van der Waals surface area contributed by atoms with Crippen LogP contribution in [0.2, 0.25) is 0 Å². The van der Waals surface area contributed by atoms with Gasteiger partial charge in [-0.25, -0.2) is 0 Å². The molecular weight excluding hydrogens is 276 g/mol. The van der Waals surface area contributed by atoms with Crippen LogP contribution in [-0.4, -0.2) is 26.7 Å². The average Bonchev–Trinajstić information content (AvgIpc) is 2.88. The minimum Gasteiger partial charge on any atom is -0.481 e. The summed E-state index contributed by atoms with van der Waals surface area (Å²) in [4.78, 5) is 11.7. The van der Waals surface area contributed by atoms with Crippen LogP contribution < -0.4 is 0 Å². The molecule has 2 atom stereocenters. The summed E-state index contributed by atoms with van der Waals surface area (Å²) in [6.07, 6.45) is 2.96. The summed E-state index contributed by atoms with van der Waals surface area (Å²) in [7, 11) is 0. The van der Waals surface area contributed by atoms with E-state index in [1.54, 1.807) is 0 Å². The van der Waals surface area contributed by atoms with Crippen LogP contribution in [0.15, 0.2) is 30.3 Å². The van der Waals surface area contributed by atoms with Crippen molar-refractivity contribution in [3.63, 3.8) is 0 Å². The fourth-order valence-corrected chi connectivity index (χ4v) is 6.64. The molecular formula is C15H18O2S2. The molecule has 3 rings (SSSR count). The zero-order valence-corrected chi connectivity index (χ0v) is 12.4. The predicted molar refractivity (Wildman–Crippen MR) is 81.8 cm³/mol. The summed E-state index contributed by atoms with van der Waals surface area (Å²) in [6.45, 7) is 0. The summed E-state index contributed by atoms with van der Waals surface area (Å²) in [5.74, 6) is 1.68. The molecule has 1 saturated heterocycles. The molecule has 1 aliphatic carbocycles.